The number of hydrogen-bond acceptors (Lipinski definition) is 5. The zero-order chi connectivity index (χ0) is 17.7. The second kappa shape index (κ2) is 7.91. The van der Waals surface area contributed by atoms with Crippen LogP contribution < -0.4 is 0 Å². The first-order valence-corrected chi connectivity index (χ1v) is 7.81. The van der Waals surface area contributed by atoms with E-state index in [1.54, 1.807) is 15.8 Å². The molecule has 2 amide bonds. The van der Waals surface area contributed by atoms with Gasteiger partial charge in [0, 0.05) is 39.3 Å². The lowest BCUT2D eigenvalue weighted by molar-refractivity contribution is -0.145. The van der Waals surface area contributed by atoms with E-state index in [-0.39, 0.29) is 24.9 Å². The summed E-state index contributed by atoms with van der Waals surface area (Å²) in [5.74, 6) is -1.56. The lowest BCUT2D eigenvalue weighted by Gasteiger charge is -2.35. The van der Waals surface area contributed by atoms with E-state index >= 15 is 0 Å². The van der Waals surface area contributed by atoms with Crippen LogP contribution in [0.5, 0.6) is 0 Å². The number of rotatable bonds is 6. The summed E-state index contributed by atoms with van der Waals surface area (Å²) in [5.41, 5.74) is 0.506. The highest BCUT2D eigenvalue weighted by Crippen LogP contribution is 2.12. The first kappa shape index (κ1) is 17.9. The van der Waals surface area contributed by atoms with Crippen LogP contribution in [0.25, 0.3) is 0 Å². The molecule has 0 aliphatic carbocycles. The highest BCUT2D eigenvalue weighted by Gasteiger charge is 2.28. The van der Waals surface area contributed by atoms with E-state index in [1.165, 1.54) is 18.0 Å². The van der Waals surface area contributed by atoms with E-state index in [2.05, 4.69) is 5.10 Å². The molecule has 2 heterocycles. The zero-order valence-corrected chi connectivity index (χ0v) is 13.8. The number of nitrogens with zero attached hydrogens (tertiary/aromatic N) is 4. The Morgan fingerprint density at radius 2 is 2.21 bits per heavy atom. The van der Waals surface area contributed by atoms with Crippen molar-refractivity contribution >= 4 is 17.8 Å². The molecular weight excluding hydrogens is 316 g/mol. The van der Waals surface area contributed by atoms with E-state index in [0.29, 0.717) is 31.8 Å². The van der Waals surface area contributed by atoms with Gasteiger partial charge in [-0.25, -0.2) is 0 Å². The highest BCUT2D eigenvalue weighted by molar-refractivity contribution is 5.93. The maximum atomic E-state index is 12.5. The van der Waals surface area contributed by atoms with Gasteiger partial charge in [-0.15, -0.1) is 0 Å². The molecule has 2 rings (SSSR count). The van der Waals surface area contributed by atoms with Gasteiger partial charge in [0.1, 0.15) is 6.54 Å². The Bertz CT molecular complexity index is 615. The molecule has 9 heteroatoms. The van der Waals surface area contributed by atoms with Gasteiger partial charge in [0.05, 0.1) is 24.5 Å². The van der Waals surface area contributed by atoms with Crippen LogP contribution in [0.4, 0.5) is 0 Å². The van der Waals surface area contributed by atoms with Crippen molar-refractivity contribution in [3.8, 4) is 0 Å². The summed E-state index contributed by atoms with van der Waals surface area (Å²) in [7, 11) is 0. The van der Waals surface area contributed by atoms with Crippen molar-refractivity contribution in [2.45, 2.75) is 26.5 Å². The van der Waals surface area contributed by atoms with Crippen LogP contribution in [0, 0.1) is 0 Å². The second-order valence-corrected chi connectivity index (χ2v) is 5.62. The molecule has 24 heavy (non-hydrogen) atoms. The summed E-state index contributed by atoms with van der Waals surface area (Å²) in [6, 6.07) is 0. The largest absolute Gasteiger partial charge is 0.480 e. The quantitative estimate of drug-likeness (QED) is 0.762. The number of aliphatic carboxylic acids is 1. The van der Waals surface area contributed by atoms with E-state index in [0.717, 1.165) is 0 Å². The number of hydrogen-bond donors (Lipinski definition) is 1. The molecule has 9 nitrogen and oxygen atoms in total. The van der Waals surface area contributed by atoms with Crippen molar-refractivity contribution in [2.24, 2.45) is 0 Å². The van der Waals surface area contributed by atoms with Gasteiger partial charge in [-0.1, -0.05) is 0 Å². The first-order valence-electron chi connectivity index (χ1n) is 7.81. The number of carbonyl (C=O) groups is 3. The van der Waals surface area contributed by atoms with E-state index in [1.807, 2.05) is 6.92 Å². The van der Waals surface area contributed by atoms with Crippen molar-refractivity contribution in [3.05, 3.63) is 18.0 Å². The Morgan fingerprint density at radius 3 is 2.79 bits per heavy atom. The lowest BCUT2D eigenvalue weighted by Crippen LogP contribution is -2.51. The molecule has 0 saturated carbocycles. The average Bonchev–Trinajstić information content (AvgIpc) is 3.02. The van der Waals surface area contributed by atoms with E-state index in [9.17, 15) is 14.4 Å². The fourth-order valence-electron chi connectivity index (χ4n) is 2.56. The van der Waals surface area contributed by atoms with E-state index in [4.69, 9.17) is 9.84 Å². The Labute approximate surface area is 139 Å². The molecule has 1 aromatic rings. The number of carboxylic acid groups (broad SMARTS) is 1. The van der Waals surface area contributed by atoms with E-state index < -0.39 is 12.1 Å². The normalized spacial score (nSPS) is 17.6. The summed E-state index contributed by atoms with van der Waals surface area (Å²) in [4.78, 5) is 37.7. The molecule has 1 fully saturated rings. The molecule has 1 aliphatic rings. The maximum absolute atomic E-state index is 12.5. The fourth-order valence-corrected chi connectivity index (χ4v) is 2.56. The number of morpholine rings is 1. The Balaban J connectivity index is 1.98. The number of carboxylic acids is 1. The molecule has 0 radical (unpaired) electrons. The zero-order valence-electron chi connectivity index (χ0n) is 13.8. The average molecular weight is 338 g/mol. The smallest absolute Gasteiger partial charge is 0.323 e. The minimum atomic E-state index is -1.08. The minimum absolute atomic E-state index is 0.139. The molecule has 1 aromatic heterocycles. The van der Waals surface area contributed by atoms with Crippen molar-refractivity contribution in [2.75, 3.05) is 32.8 Å². The second-order valence-electron chi connectivity index (χ2n) is 5.62. The molecule has 0 spiro atoms. The van der Waals surface area contributed by atoms with Crippen molar-refractivity contribution < 1.29 is 24.2 Å². The number of ether oxygens (including phenoxy) is 1. The molecule has 0 bridgehead atoms. The summed E-state index contributed by atoms with van der Waals surface area (Å²) in [6.07, 6.45) is 2.81. The summed E-state index contributed by atoms with van der Waals surface area (Å²) in [5, 5.41) is 13.0. The van der Waals surface area contributed by atoms with Gasteiger partial charge in [-0.2, -0.15) is 5.10 Å². The molecular formula is C15H22N4O5. The van der Waals surface area contributed by atoms with Gasteiger partial charge in [-0.05, 0) is 6.92 Å². The van der Waals surface area contributed by atoms with Gasteiger partial charge < -0.3 is 19.6 Å². The van der Waals surface area contributed by atoms with Gasteiger partial charge in [-0.3, -0.25) is 19.1 Å². The summed E-state index contributed by atoms with van der Waals surface area (Å²) >= 11 is 0. The third-order valence-corrected chi connectivity index (χ3v) is 3.83. The summed E-state index contributed by atoms with van der Waals surface area (Å²) in [6.45, 7) is 4.79. The predicted octanol–water partition coefficient (Wildman–Crippen LogP) is -0.323. The van der Waals surface area contributed by atoms with Gasteiger partial charge in [0.15, 0.2) is 0 Å². The monoisotopic (exact) mass is 338 g/mol. The number of aryl methyl sites for hydroxylation is 1. The minimum Gasteiger partial charge on any atom is -0.480 e. The Morgan fingerprint density at radius 1 is 1.46 bits per heavy atom. The van der Waals surface area contributed by atoms with Crippen LogP contribution >= 0.6 is 0 Å². The van der Waals surface area contributed by atoms with Gasteiger partial charge >= 0.3 is 5.97 Å². The van der Waals surface area contributed by atoms with Crippen LogP contribution in [0.1, 0.15) is 24.2 Å². The number of carbonyl (C=O) groups excluding carboxylic acids is 2. The lowest BCUT2D eigenvalue weighted by atomic mass is 10.2. The molecule has 0 aromatic carbocycles. The van der Waals surface area contributed by atoms with Crippen LogP contribution in [-0.2, 0) is 20.9 Å². The third kappa shape index (κ3) is 4.54. The topological polar surface area (TPSA) is 105 Å². The van der Waals surface area contributed by atoms with Crippen LogP contribution in [0.2, 0.25) is 0 Å². The molecule has 1 saturated heterocycles. The SMILES string of the molecule is CCn1cc(C(=O)N2CCOC(CN(CC(=O)O)C(C)=O)C2)cn1. The Hall–Kier alpha value is -2.42. The molecule has 1 aliphatic heterocycles. The van der Waals surface area contributed by atoms with Crippen molar-refractivity contribution in [3.63, 3.8) is 0 Å². The van der Waals surface area contributed by atoms with Crippen LogP contribution in [0.15, 0.2) is 12.4 Å². The third-order valence-electron chi connectivity index (χ3n) is 3.83. The predicted molar refractivity (Wildman–Crippen MR) is 83.4 cm³/mol. The number of amides is 2. The fraction of sp³-hybridized carbons (Fsp3) is 0.600. The van der Waals surface area contributed by atoms with Crippen molar-refractivity contribution in [1.82, 2.24) is 19.6 Å². The highest BCUT2D eigenvalue weighted by atomic mass is 16.5. The Kier molecular flexibility index (Phi) is 5.91. The maximum Gasteiger partial charge on any atom is 0.323 e. The first-order chi connectivity index (χ1) is 11.4. The molecule has 132 valence electrons. The van der Waals surface area contributed by atoms with Crippen molar-refractivity contribution in [1.29, 1.82) is 0 Å². The van der Waals surface area contributed by atoms with Gasteiger partial charge in [0.25, 0.3) is 5.91 Å². The number of aromatic nitrogens is 2. The standard InChI is InChI=1S/C15H22N4O5/c1-3-19-7-12(6-16-19)15(23)17-4-5-24-13(8-17)9-18(11(2)20)10-14(21)22/h6-7,13H,3-5,8-10H2,1-2H3,(H,21,22). The molecule has 1 unspecified atom stereocenters. The molecule has 1 N–H and O–H groups in total. The summed E-state index contributed by atoms with van der Waals surface area (Å²) < 4.78 is 7.26. The van der Waals surface area contributed by atoms with Gasteiger partial charge in [0.2, 0.25) is 5.91 Å². The van der Waals surface area contributed by atoms with Crippen LogP contribution in [-0.4, -0.2) is 81.4 Å². The van der Waals surface area contributed by atoms with Crippen LogP contribution in [0.3, 0.4) is 0 Å². The molecule has 1 atom stereocenters.